The maximum Gasteiger partial charge on any atom is 0.416 e. The fourth-order valence-corrected chi connectivity index (χ4v) is 5.18. The zero-order valence-electron chi connectivity index (χ0n) is 20.3. The lowest BCUT2D eigenvalue weighted by molar-refractivity contribution is -0.138. The summed E-state index contributed by atoms with van der Waals surface area (Å²) in [5.41, 5.74) is 1.63. The molecule has 0 aliphatic carbocycles. The predicted octanol–water partition coefficient (Wildman–Crippen LogP) is 5.17. The van der Waals surface area contributed by atoms with Gasteiger partial charge in [0.15, 0.2) is 5.17 Å². The Labute approximate surface area is 216 Å². The van der Waals surface area contributed by atoms with Crippen molar-refractivity contribution in [3.63, 3.8) is 0 Å². The molecule has 1 amide bonds. The lowest BCUT2D eigenvalue weighted by atomic mass is 9.93. The summed E-state index contributed by atoms with van der Waals surface area (Å²) in [4.78, 5) is 32.0. The number of allylic oxidation sites excluding steroid dienone is 1. The van der Waals surface area contributed by atoms with E-state index in [1.165, 1.54) is 38.1 Å². The molecule has 2 aromatic rings. The highest BCUT2D eigenvalue weighted by Crippen LogP contribution is 2.46. The zero-order chi connectivity index (χ0) is 26.7. The second-order valence-corrected chi connectivity index (χ2v) is 9.11. The lowest BCUT2D eigenvalue weighted by Gasteiger charge is -2.36. The molecule has 7 nitrogen and oxygen atoms in total. The zero-order valence-corrected chi connectivity index (χ0v) is 21.1. The largest absolute Gasteiger partial charge is 0.496 e. The third-order valence-corrected chi connectivity index (χ3v) is 6.81. The Bertz CT molecular complexity index is 1320. The SMILES string of the molecule is COC(=O)C1=C(C)N=C2SC=C(CC(=O)NCc3cccc(C(F)(F)F)c3)N2[C@H]1c1ccccc1OC. The Morgan fingerprint density at radius 3 is 2.59 bits per heavy atom. The van der Waals surface area contributed by atoms with Crippen molar-refractivity contribution < 1.29 is 32.2 Å². The summed E-state index contributed by atoms with van der Waals surface area (Å²) in [5, 5.41) is 5.04. The number of fused-ring (bicyclic) bond motifs is 1. The molecule has 0 saturated carbocycles. The van der Waals surface area contributed by atoms with Crippen LogP contribution in [0, 0.1) is 0 Å². The highest BCUT2D eigenvalue weighted by molar-refractivity contribution is 8.16. The number of methoxy groups -OCH3 is 2. The monoisotopic (exact) mass is 531 g/mol. The van der Waals surface area contributed by atoms with Gasteiger partial charge in [0, 0.05) is 17.8 Å². The average molecular weight is 532 g/mol. The van der Waals surface area contributed by atoms with Crippen LogP contribution >= 0.6 is 11.8 Å². The molecule has 0 bridgehead atoms. The summed E-state index contributed by atoms with van der Waals surface area (Å²) in [7, 11) is 2.82. The lowest BCUT2D eigenvalue weighted by Crippen LogP contribution is -2.38. The summed E-state index contributed by atoms with van der Waals surface area (Å²) >= 11 is 1.31. The van der Waals surface area contributed by atoms with E-state index in [-0.39, 0.29) is 13.0 Å². The molecule has 2 aliphatic rings. The molecule has 2 aromatic carbocycles. The number of rotatable bonds is 7. The number of thioether (sulfide) groups is 1. The van der Waals surface area contributed by atoms with Crippen molar-refractivity contribution in [2.45, 2.75) is 32.1 Å². The molecule has 2 aliphatic heterocycles. The number of para-hydroxylation sites is 1. The molecule has 0 aromatic heterocycles. The maximum absolute atomic E-state index is 13.0. The Morgan fingerprint density at radius 1 is 1.14 bits per heavy atom. The van der Waals surface area contributed by atoms with Gasteiger partial charge in [0.1, 0.15) is 5.75 Å². The first kappa shape index (κ1) is 26.3. The molecule has 0 spiro atoms. The number of nitrogens with one attached hydrogen (secondary N) is 1. The molecule has 37 heavy (non-hydrogen) atoms. The van der Waals surface area contributed by atoms with Gasteiger partial charge in [-0.2, -0.15) is 13.2 Å². The molecule has 0 radical (unpaired) electrons. The van der Waals surface area contributed by atoms with Gasteiger partial charge in [0.05, 0.1) is 43.5 Å². The minimum absolute atomic E-state index is 0.0630. The van der Waals surface area contributed by atoms with Crippen LogP contribution in [-0.4, -0.2) is 36.2 Å². The fraction of sp³-hybridized carbons (Fsp3) is 0.269. The van der Waals surface area contributed by atoms with Gasteiger partial charge in [-0.1, -0.05) is 42.1 Å². The van der Waals surface area contributed by atoms with Crippen LogP contribution < -0.4 is 10.1 Å². The van der Waals surface area contributed by atoms with Gasteiger partial charge in [-0.25, -0.2) is 9.79 Å². The van der Waals surface area contributed by atoms with Crippen molar-refractivity contribution in [1.29, 1.82) is 0 Å². The molecule has 1 atom stereocenters. The van der Waals surface area contributed by atoms with E-state index < -0.39 is 29.7 Å². The third kappa shape index (κ3) is 5.51. The number of nitrogens with zero attached hydrogens (tertiary/aromatic N) is 2. The second-order valence-electron chi connectivity index (χ2n) is 8.28. The summed E-state index contributed by atoms with van der Waals surface area (Å²) in [6.45, 7) is 1.66. The predicted molar refractivity (Wildman–Crippen MR) is 133 cm³/mol. The van der Waals surface area contributed by atoms with E-state index in [1.807, 2.05) is 18.2 Å². The number of carbonyl (C=O) groups excluding carboxylic acids is 2. The summed E-state index contributed by atoms with van der Waals surface area (Å²) in [6.07, 6.45) is -4.55. The van der Waals surface area contributed by atoms with E-state index in [0.29, 0.717) is 39.0 Å². The minimum Gasteiger partial charge on any atom is -0.496 e. The van der Waals surface area contributed by atoms with Crippen LogP contribution in [0.4, 0.5) is 13.2 Å². The van der Waals surface area contributed by atoms with Crippen LogP contribution in [0.5, 0.6) is 5.75 Å². The van der Waals surface area contributed by atoms with Crippen LogP contribution in [0.25, 0.3) is 0 Å². The Balaban J connectivity index is 1.58. The number of hydrogen-bond donors (Lipinski definition) is 1. The Kier molecular flexibility index (Phi) is 7.63. The summed E-state index contributed by atoms with van der Waals surface area (Å²) in [6, 6.07) is 11.4. The van der Waals surface area contributed by atoms with Gasteiger partial charge < -0.3 is 19.7 Å². The smallest absolute Gasteiger partial charge is 0.416 e. The molecule has 1 N–H and O–H groups in total. The highest BCUT2D eigenvalue weighted by atomic mass is 32.2. The molecular formula is C26H24F3N3O4S. The van der Waals surface area contributed by atoms with Gasteiger partial charge in [0.2, 0.25) is 5.91 Å². The molecule has 11 heteroatoms. The summed E-state index contributed by atoms with van der Waals surface area (Å²) in [5.74, 6) is -0.398. The van der Waals surface area contributed by atoms with Gasteiger partial charge in [-0.15, -0.1) is 0 Å². The van der Waals surface area contributed by atoms with E-state index in [0.717, 1.165) is 12.1 Å². The molecular weight excluding hydrogens is 507 g/mol. The van der Waals surface area contributed by atoms with Crippen LogP contribution in [-0.2, 0) is 27.0 Å². The Hall–Kier alpha value is -3.73. The number of carbonyl (C=O) groups is 2. The van der Waals surface area contributed by atoms with Gasteiger partial charge >= 0.3 is 12.1 Å². The van der Waals surface area contributed by atoms with Crippen molar-refractivity contribution in [1.82, 2.24) is 10.2 Å². The number of halogens is 3. The second kappa shape index (κ2) is 10.7. The van der Waals surface area contributed by atoms with Crippen LogP contribution in [0.15, 0.2) is 75.9 Å². The van der Waals surface area contributed by atoms with Crippen LogP contribution in [0.1, 0.15) is 36.1 Å². The third-order valence-electron chi connectivity index (χ3n) is 5.93. The maximum atomic E-state index is 13.0. The van der Waals surface area contributed by atoms with E-state index in [9.17, 15) is 22.8 Å². The number of benzene rings is 2. The topological polar surface area (TPSA) is 80.2 Å². The van der Waals surface area contributed by atoms with Gasteiger partial charge in [-0.3, -0.25) is 4.79 Å². The molecule has 0 fully saturated rings. The van der Waals surface area contributed by atoms with Gasteiger partial charge in [-0.05, 0) is 36.1 Å². The number of amidine groups is 1. The molecule has 2 heterocycles. The van der Waals surface area contributed by atoms with Crippen molar-refractivity contribution in [2.75, 3.05) is 14.2 Å². The first-order valence-corrected chi connectivity index (χ1v) is 12.1. The number of esters is 1. The molecule has 0 saturated heterocycles. The quantitative estimate of drug-likeness (QED) is 0.497. The number of alkyl halides is 3. The number of ether oxygens (including phenoxy) is 2. The molecule has 0 unspecified atom stereocenters. The number of amides is 1. The highest BCUT2D eigenvalue weighted by Gasteiger charge is 2.42. The first-order valence-electron chi connectivity index (χ1n) is 11.2. The number of hydrogen-bond acceptors (Lipinski definition) is 7. The first-order chi connectivity index (χ1) is 17.6. The molecule has 4 rings (SSSR count). The fourth-order valence-electron chi connectivity index (χ4n) is 4.21. The standard InChI is InChI=1S/C26H24F3N3O4S/c1-15-22(24(34)36-3)23(19-9-4-5-10-20(19)35-2)32-18(14-37-25(32)31-15)12-21(33)30-13-16-7-6-8-17(11-16)26(27,28)29/h4-11,14,23H,12-13H2,1-3H3,(H,30,33)/t23-/m0/s1. The van der Waals surface area contributed by atoms with E-state index in [2.05, 4.69) is 10.3 Å². The summed E-state index contributed by atoms with van der Waals surface area (Å²) < 4.78 is 49.6. The minimum atomic E-state index is -4.47. The van der Waals surface area contributed by atoms with E-state index in [4.69, 9.17) is 9.47 Å². The van der Waals surface area contributed by atoms with Crippen molar-refractivity contribution >= 4 is 28.8 Å². The van der Waals surface area contributed by atoms with E-state index in [1.54, 1.807) is 23.3 Å². The normalized spacial score (nSPS) is 17.1. The van der Waals surface area contributed by atoms with Crippen LogP contribution in [0.3, 0.4) is 0 Å². The van der Waals surface area contributed by atoms with Crippen molar-refractivity contribution in [3.05, 3.63) is 87.6 Å². The van der Waals surface area contributed by atoms with Crippen molar-refractivity contribution in [3.8, 4) is 5.75 Å². The van der Waals surface area contributed by atoms with Crippen molar-refractivity contribution in [2.24, 2.45) is 4.99 Å². The van der Waals surface area contributed by atoms with Crippen LogP contribution in [0.2, 0.25) is 0 Å². The average Bonchev–Trinajstić information content (AvgIpc) is 3.27. The van der Waals surface area contributed by atoms with Gasteiger partial charge in [0.25, 0.3) is 0 Å². The van der Waals surface area contributed by atoms with E-state index >= 15 is 0 Å². The Morgan fingerprint density at radius 2 is 1.89 bits per heavy atom. The molecule has 194 valence electrons. The number of aliphatic imine (C=N–C) groups is 1.